The maximum absolute atomic E-state index is 5.16. The van der Waals surface area contributed by atoms with Gasteiger partial charge in [-0.2, -0.15) is 4.83 Å². The molecule has 0 saturated heterocycles. The Balaban J connectivity index is 2.47. The highest BCUT2D eigenvalue weighted by atomic mass is 32.2. The van der Waals surface area contributed by atoms with Gasteiger partial charge in [0.25, 0.3) is 0 Å². The van der Waals surface area contributed by atoms with Crippen LogP contribution in [0.1, 0.15) is 0 Å². The summed E-state index contributed by atoms with van der Waals surface area (Å²) in [6.07, 6.45) is 0. The molecule has 0 aliphatic heterocycles. The van der Waals surface area contributed by atoms with Crippen LogP contribution in [0.5, 0.6) is 0 Å². The second kappa shape index (κ2) is 3.40. The first-order valence-electron chi connectivity index (χ1n) is 3.38. The Morgan fingerprint density at radius 2 is 2.25 bits per heavy atom. The molecule has 2 rings (SSSR count). The number of hydrogen-bond donors (Lipinski definition) is 2. The van der Waals surface area contributed by atoms with Gasteiger partial charge in [-0.3, -0.25) is 5.84 Å². The molecule has 0 atom stereocenters. The number of nitrogens with zero attached hydrogens (tertiary/aromatic N) is 1. The number of hydrogen-bond acceptors (Lipinski definition) is 5. The molecule has 5 heteroatoms. The zero-order valence-corrected chi connectivity index (χ0v) is 7.78. The monoisotopic (exact) mass is 197 g/mol. The Kier molecular flexibility index (Phi) is 2.27. The summed E-state index contributed by atoms with van der Waals surface area (Å²) in [6.45, 7) is 0. The van der Waals surface area contributed by atoms with Crippen LogP contribution in [0.3, 0.4) is 0 Å². The molecule has 0 fully saturated rings. The van der Waals surface area contributed by atoms with Gasteiger partial charge in [-0.05, 0) is 12.1 Å². The van der Waals surface area contributed by atoms with Crippen molar-refractivity contribution in [1.82, 2.24) is 9.82 Å². The zero-order valence-electron chi connectivity index (χ0n) is 6.15. The quantitative estimate of drug-likeness (QED) is 0.437. The van der Waals surface area contributed by atoms with Gasteiger partial charge in [0.2, 0.25) is 0 Å². The topological polar surface area (TPSA) is 50.9 Å². The second-order valence-corrected chi connectivity index (χ2v) is 4.28. The molecule has 0 unspecified atom stereocenters. The van der Waals surface area contributed by atoms with Crippen molar-refractivity contribution in [2.75, 3.05) is 0 Å². The summed E-state index contributed by atoms with van der Waals surface area (Å²) in [4.78, 5) is 6.85. The molecule has 62 valence electrons. The first-order valence-corrected chi connectivity index (χ1v) is 5.01. The van der Waals surface area contributed by atoms with E-state index in [9.17, 15) is 0 Å². The van der Waals surface area contributed by atoms with Crippen LogP contribution in [0.25, 0.3) is 10.2 Å². The summed E-state index contributed by atoms with van der Waals surface area (Å²) in [7, 11) is 0. The maximum atomic E-state index is 5.16. The number of fused-ring (bicyclic) bond motifs is 1. The van der Waals surface area contributed by atoms with Crippen LogP contribution < -0.4 is 10.7 Å². The molecular formula is C7H7N3S2. The van der Waals surface area contributed by atoms with Crippen molar-refractivity contribution < 1.29 is 0 Å². The van der Waals surface area contributed by atoms with E-state index in [1.54, 1.807) is 11.3 Å². The van der Waals surface area contributed by atoms with Crippen LogP contribution >= 0.6 is 23.3 Å². The van der Waals surface area contributed by atoms with Crippen LogP contribution in [0, 0.1) is 0 Å². The normalized spacial score (nSPS) is 10.8. The van der Waals surface area contributed by atoms with E-state index in [0.29, 0.717) is 0 Å². The number of hydrazine groups is 1. The third-order valence-corrected chi connectivity index (χ3v) is 3.14. The van der Waals surface area contributed by atoms with E-state index in [0.717, 1.165) is 9.86 Å². The first kappa shape index (κ1) is 8.00. The predicted molar refractivity (Wildman–Crippen MR) is 52.8 cm³/mol. The van der Waals surface area contributed by atoms with Gasteiger partial charge < -0.3 is 0 Å². The highest BCUT2D eigenvalue weighted by Gasteiger charge is 2.01. The summed E-state index contributed by atoms with van der Waals surface area (Å²) < 4.78 is 2.13. The highest BCUT2D eigenvalue weighted by Crippen LogP contribution is 2.26. The Labute approximate surface area is 78.1 Å². The van der Waals surface area contributed by atoms with Crippen LogP contribution in [-0.4, -0.2) is 4.98 Å². The molecule has 0 spiro atoms. The number of thiazole rings is 1. The lowest BCUT2D eigenvalue weighted by Gasteiger charge is -1.87. The maximum Gasteiger partial charge on any atom is 0.167 e. The molecule has 0 amide bonds. The molecule has 1 aromatic carbocycles. The lowest BCUT2D eigenvalue weighted by molar-refractivity contribution is 1.11. The van der Waals surface area contributed by atoms with Crippen molar-refractivity contribution >= 4 is 33.5 Å². The number of aromatic nitrogens is 1. The number of para-hydroxylation sites is 1. The highest BCUT2D eigenvalue weighted by molar-refractivity contribution is 7.99. The van der Waals surface area contributed by atoms with E-state index in [4.69, 9.17) is 5.84 Å². The zero-order chi connectivity index (χ0) is 8.39. The van der Waals surface area contributed by atoms with E-state index >= 15 is 0 Å². The van der Waals surface area contributed by atoms with Crippen molar-refractivity contribution in [2.24, 2.45) is 5.84 Å². The molecule has 0 aliphatic rings. The third kappa shape index (κ3) is 1.44. The SMILES string of the molecule is NNSc1nc2ccccc2s1. The number of nitrogens with two attached hydrogens (primary N) is 1. The van der Waals surface area contributed by atoms with Gasteiger partial charge in [-0.25, -0.2) is 4.98 Å². The summed E-state index contributed by atoms with van der Waals surface area (Å²) in [5, 5.41) is 0. The Morgan fingerprint density at radius 1 is 1.42 bits per heavy atom. The molecule has 2 aromatic rings. The van der Waals surface area contributed by atoms with Crippen LogP contribution in [0.15, 0.2) is 28.6 Å². The molecule has 3 N–H and O–H groups in total. The lowest BCUT2D eigenvalue weighted by Crippen LogP contribution is -2.10. The molecule has 1 heterocycles. The molecule has 1 aromatic heterocycles. The van der Waals surface area contributed by atoms with Gasteiger partial charge in [-0.15, -0.1) is 11.3 Å². The number of nitrogens with one attached hydrogen (secondary N) is 1. The summed E-state index contributed by atoms with van der Waals surface area (Å²) in [5.41, 5.74) is 1.03. The van der Waals surface area contributed by atoms with Crippen molar-refractivity contribution in [1.29, 1.82) is 0 Å². The van der Waals surface area contributed by atoms with Crippen LogP contribution in [-0.2, 0) is 0 Å². The lowest BCUT2D eigenvalue weighted by atomic mass is 10.3. The molecule has 0 aliphatic carbocycles. The van der Waals surface area contributed by atoms with Gasteiger partial charge >= 0.3 is 0 Å². The second-order valence-electron chi connectivity index (χ2n) is 2.17. The molecule has 12 heavy (non-hydrogen) atoms. The molecule has 3 nitrogen and oxygen atoms in total. The molecule has 0 saturated carbocycles. The summed E-state index contributed by atoms with van der Waals surface area (Å²) in [6, 6.07) is 8.02. The van der Waals surface area contributed by atoms with Gasteiger partial charge in [0.05, 0.1) is 10.2 Å². The fourth-order valence-electron chi connectivity index (χ4n) is 0.945. The van der Waals surface area contributed by atoms with Crippen molar-refractivity contribution in [2.45, 2.75) is 4.34 Å². The minimum absolute atomic E-state index is 0.943. The van der Waals surface area contributed by atoms with Crippen LogP contribution in [0.4, 0.5) is 0 Å². The summed E-state index contributed by atoms with van der Waals surface area (Å²) in [5.74, 6) is 5.16. The number of rotatable bonds is 2. The van der Waals surface area contributed by atoms with Gasteiger partial charge in [-0.1, -0.05) is 12.1 Å². The average Bonchev–Trinajstić information content (AvgIpc) is 2.47. The largest absolute Gasteiger partial charge is 0.261 e. The van der Waals surface area contributed by atoms with E-state index in [-0.39, 0.29) is 0 Å². The Bertz CT molecular complexity index is 352. The third-order valence-electron chi connectivity index (χ3n) is 1.42. The van der Waals surface area contributed by atoms with Crippen molar-refractivity contribution in [3.8, 4) is 0 Å². The average molecular weight is 197 g/mol. The van der Waals surface area contributed by atoms with E-state index in [1.807, 2.05) is 24.3 Å². The minimum atomic E-state index is 0.943. The minimum Gasteiger partial charge on any atom is -0.261 e. The molecule has 0 radical (unpaired) electrons. The fourth-order valence-corrected chi connectivity index (χ4v) is 2.47. The molecule has 0 bridgehead atoms. The van der Waals surface area contributed by atoms with E-state index in [1.165, 1.54) is 16.6 Å². The number of benzene rings is 1. The first-order chi connectivity index (χ1) is 5.90. The Hall–Kier alpha value is -0.620. The summed E-state index contributed by atoms with van der Waals surface area (Å²) >= 11 is 2.97. The fraction of sp³-hybridized carbons (Fsp3) is 0. The van der Waals surface area contributed by atoms with Crippen molar-refractivity contribution in [3.63, 3.8) is 0 Å². The molecular weight excluding hydrogens is 190 g/mol. The smallest absolute Gasteiger partial charge is 0.167 e. The predicted octanol–water partition coefficient (Wildman–Crippen LogP) is 1.77. The van der Waals surface area contributed by atoms with Gasteiger partial charge in [0.1, 0.15) is 0 Å². The van der Waals surface area contributed by atoms with Gasteiger partial charge in [0.15, 0.2) is 4.34 Å². The van der Waals surface area contributed by atoms with Crippen LogP contribution in [0.2, 0.25) is 0 Å². The Morgan fingerprint density at radius 3 is 3.00 bits per heavy atom. The van der Waals surface area contributed by atoms with E-state index in [2.05, 4.69) is 9.82 Å². The van der Waals surface area contributed by atoms with Crippen molar-refractivity contribution in [3.05, 3.63) is 24.3 Å². The van der Waals surface area contributed by atoms with Gasteiger partial charge in [0, 0.05) is 11.9 Å². The standard InChI is InChI=1S/C7H7N3S2/c8-10-12-7-9-5-3-1-2-4-6(5)11-7/h1-4,10H,8H2. The van der Waals surface area contributed by atoms with E-state index < -0.39 is 0 Å².